The molecule has 0 aliphatic carbocycles. The smallest absolute Gasteiger partial charge is 0.335 e. The van der Waals surface area contributed by atoms with Crippen LogP contribution in [0, 0.1) is 0 Å². The van der Waals surface area contributed by atoms with Crippen LogP contribution in [0.2, 0.25) is 0 Å². The summed E-state index contributed by atoms with van der Waals surface area (Å²) in [5.41, 5.74) is 0.0429. The largest absolute Gasteiger partial charge is 0.478 e. The maximum atomic E-state index is 12.5. The fraction of sp³-hybridized carbons (Fsp3) is 0.462. The maximum absolute atomic E-state index is 12.5. The van der Waals surface area contributed by atoms with Crippen LogP contribution in [0.5, 0.6) is 0 Å². The Kier molecular flexibility index (Phi) is 4.42. The second-order valence-electron chi connectivity index (χ2n) is 4.78. The summed E-state index contributed by atoms with van der Waals surface area (Å²) in [6, 6.07) is 4.73. The molecule has 1 saturated heterocycles. The highest BCUT2D eigenvalue weighted by atomic mass is 32.2. The normalized spacial score (nSPS) is 20.8. The Morgan fingerprint density at radius 3 is 2.45 bits per heavy atom. The van der Waals surface area contributed by atoms with Gasteiger partial charge in [-0.05, 0) is 37.1 Å². The van der Waals surface area contributed by atoms with Gasteiger partial charge in [-0.3, -0.25) is 0 Å². The van der Waals surface area contributed by atoms with E-state index < -0.39 is 22.0 Å². The predicted molar refractivity (Wildman–Crippen MR) is 72.0 cm³/mol. The summed E-state index contributed by atoms with van der Waals surface area (Å²) in [6.07, 6.45) is 2.31. The van der Waals surface area contributed by atoms with Gasteiger partial charge in [-0.1, -0.05) is 6.42 Å². The molecule has 2 N–H and O–H groups in total. The molecule has 0 spiro atoms. The molecule has 1 aliphatic heterocycles. The van der Waals surface area contributed by atoms with E-state index in [9.17, 15) is 18.3 Å². The van der Waals surface area contributed by atoms with Gasteiger partial charge < -0.3 is 10.2 Å². The van der Waals surface area contributed by atoms with Crippen LogP contribution in [-0.2, 0) is 10.0 Å². The van der Waals surface area contributed by atoms with Gasteiger partial charge in [0.05, 0.1) is 17.1 Å². The molecule has 0 aromatic heterocycles. The molecule has 0 radical (unpaired) electrons. The molecule has 20 heavy (non-hydrogen) atoms. The average Bonchev–Trinajstić information content (AvgIpc) is 2.47. The Hall–Kier alpha value is -1.44. The zero-order chi connectivity index (χ0) is 14.8. The van der Waals surface area contributed by atoms with Gasteiger partial charge in [-0.2, -0.15) is 4.31 Å². The van der Waals surface area contributed by atoms with Crippen molar-refractivity contribution in [2.24, 2.45) is 0 Å². The number of hydrogen-bond donors (Lipinski definition) is 2. The predicted octanol–water partition coefficient (Wildman–Crippen LogP) is 0.920. The van der Waals surface area contributed by atoms with Crippen LogP contribution in [0.15, 0.2) is 29.2 Å². The first-order valence-electron chi connectivity index (χ1n) is 6.43. The van der Waals surface area contributed by atoms with Gasteiger partial charge in [0.2, 0.25) is 10.0 Å². The van der Waals surface area contributed by atoms with Gasteiger partial charge in [0.1, 0.15) is 0 Å². The van der Waals surface area contributed by atoms with Crippen molar-refractivity contribution in [3.05, 3.63) is 29.8 Å². The lowest BCUT2D eigenvalue weighted by molar-refractivity contribution is 0.0696. The Labute approximate surface area is 117 Å². The standard InChI is InChI=1S/C13H17NO5S/c15-9-11-3-1-2-8-14(11)20(18,19)12-6-4-10(5-7-12)13(16)17/h4-7,11,15H,1-3,8-9H2,(H,16,17). The summed E-state index contributed by atoms with van der Waals surface area (Å²) in [6.45, 7) is 0.181. The Bertz CT molecular complexity index is 581. The lowest BCUT2D eigenvalue weighted by atomic mass is 10.1. The highest BCUT2D eigenvalue weighted by molar-refractivity contribution is 7.89. The van der Waals surface area contributed by atoms with E-state index in [2.05, 4.69) is 0 Å². The van der Waals surface area contributed by atoms with Crippen molar-refractivity contribution in [2.75, 3.05) is 13.2 Å². The topological polar surface area (TPSA) is 94.9 Å². The molecular weight excluding hydrogens is 282 g/mol. The van der Waals surface area contributed by atoms with Crippen molar-refractivity contribution in [1.29, 1.82) is 0 Å². The van der Waals surface area contributed by atoms with E-state index in [-0.39, 0.29) is 17.1 Å². The Morgan fingerprint density at radius 2 is 1.90 bits per heavy atom. The maximum Gasteiger partial charge on any atom is 0.335 e. The molecule has 7 heteroatoms. The van der Waals surface area contributed by atoms with E-state index in [1.807, 2.05) is 0 Å². The second kappa shape index (κ2) is 5.90. The van der Waals surface area contributed by atoms with Crippen LogP contribution in [0.25, 0.3) is 0 Å². The molecule has 1 heterocycles. The van der Waals surface area contributed by atoms with Crippen molar-refractivity contribution in [2.45, 2.75) is 30.2 Å². The van der Waals surface area contributed by atoms with Crippen LogP contribution in [0.3, 0.4) is 0 Å². The molecule has 110 valence electrons. The lowest BCUT2D eigenvalue weighted by Gasteiger charge is -2.33. The summed E-state index contributed by atoms with van der Waals surface area (Å²) >= 11 is 0. The van der Waals surface area contributed by atoms with Crippen molar-refractivity contribution >= 4 is 16.0 Å². The van der Waals surface area contributed by atoms with Crippen LogP contribution >= 0.6 is 0 Å². The van der Waals surface area contributed by atoms with Gasteiger partial charge in [0.15, 0.2) is 0 Å². The van der Waals surface area contributed by atoms with E-state index in [1.165, 1.54) is 28.6 Å². The quantitative estimate of drug-likeness (QED) is 0.862. The molecule has 1 fully saturated rings. The number of benzene rings is 1. The number of aliphatic hydroxyl groups excluding tert-OH is 1. The number of carbonyl (C=O) groups is 1. The number of rotatable bonds is 4. The summed E-state index contributed by atoms with van der Waals surface area (Å²) in [4.78, 5) is 10.8. The minimum atomic E-state index is -3.69. The van der Waals surface area contributed by atoms with Crippen molar-refractivity contribution in [1.82, 2.24) is 4.31 Å². The molecule has 1 aliphatic rings. The third-order valence-corrected chi connectivity index (χ3v) is 5.46. The first-order chi connectivity index (χ1) is 9.46. The number of carboxylic acids is 1. The molecule has 1 unspecified atom stereocenters. The number of carboxylic acid groups (broad SMARTS) is 1. The molecule has 0 bridgehead atoms. The number of hydrogen-bond acceptors (Lipinski definition) is 4. The van der Waals surface area contributed by atoms with Gasteiger partial charge in [-0.25, -0.2) is 13.2 Å². The van der Waals surface area contributed by atoms with Crippen LogP contribution in [0.1, 0.15) is 29.6 Å². The fourth-order valence-electron chi connectivity index (χ4n) is 2.38. The molecule has 0 amide bonds. The number of piperidine rings is 1. The summed E-state index contributed by atoms with van der Waals surface area (Å²) < 4.78 is 26.3. The summed E-state index contributed by atoms with van der Waals surface area (Å²) in [5, 5.41) is 18.1. The number of nitrogens with zero attached hydrogens (tertiary/aromatic N) is 1. The minimum absolute atomic E-state index is 0.0429. The molecule has 1 aromatic rings. The van der Waals surface area contributed by atoms with E-state index in [0.717, 1.165) is 12.8 Å². The highest BCUT2D eigenvalue weighted by Gasteiger charge is 2.33. The van der Waals surface area contributed by atoms with Crippen molar-refractivity contribution in [3.63, 3.8) is 0 Å². The van der Waals surface area contributed by atoms with E-state index >= 15 is 0 Å². The molecule has 0 saturated carbocycles. The van der Waals surface area contributed by atoms with Gasteiger partial charge in [-0.15, -0.1) is 0 Å². The number of aliphatic hydroxyl groups is 1. The summed E-state index contributed by atoms with van der Waals surface area (Å²) in [5.74, 6) is -1.10. The first-order valence-corrected chi connectivity index (χ1v) is 7.87. The SMILES string of the molecule is O=C(O)c1ccc(S(=O)(=O)N2CCCCC2CO)cc1. The second-order valence-corrected chi connectivity index (χ2v) is 6.67. The monoisotopic (exact) mass is 299 g/mol. The van der Waals surface area contributed by atoms with E-state index in [0.29, 0.717) is 13.0 Å². The zero-order valence-corrected chi connectivity index (χ0v) is 11.7. The zero-order valence-electron chi connectivity index (χ0n) is 10.9. The van der Waals surface area contributed by atoms with Gasteiger partial charge >= 0.3 is 5.97 Å². The number of aromatic carboxylic acids is 1. The molecular formula is C13H17NO5S. The van der Waals surface area contributed by atoms with Gasteiger partial charge in [0, 0.05) is 12.6 Å². The average molecular weight is 299 g/mol. The minimum Gasteiger partial charge on any atom is -0.478 e. The Morgan fingerprint density at radius 1 is 1.25 bits per heavy atom. The van der Waals surface area contributed by atoms with Crippen LogP contribution in [0.4, 0.5) is 0 Å². The van der Waals surface area contributed by atoms with Gasteiger partial charge in [0.25, 0.3) is 0 Å². The highest BCUT2D eigenvalue weighted by Crippen LogP contribution is 2.25. The van der Waals surface area contributed by atoms with Crippen LogP contribution in [-0.4, -0.2) is 48.1 Å². The van der Waals surface area contributed by atoms with Crippen molar-refractivity contribution in [3.8, 4) is 0 Å². The molecule has 6 nitrogen and oxygen atoms in total. The van der Waals surface area contributed by atoms with Crippen molar-refractivity contribution < 1.29 is 23.4 Å². The fourth-order valence-corrected chi connectivity index (χ4v) is 4.06. The first kappa shape index (κ1) is 15.0. The molecule has 2 rings (SSSR count). The lowest BCUT2D eigenvalue weighted by Crippen LogP contribution is -2.45. The molecule has 1 aromatic carbocycles. The summed E-state index contributed by atoms with van der Waals surface area (Å²) in [7, 11) is -3.69. The number of sulfonamides is 1. The Balaban J connectivity index is 2.31. The third kappa shape index (κ3) is 2.84. The van der Waals surface area contributed by atoms with Crippen LogP contribution < -0.4 is 0 Å². The van der Waals surface area contributed by atoms with E-state index in [1.54, 1.807) is 0 Å². The third-order valence-electron chi connectivity index (χ3n) is 3.49. The van der Waals surface area contributed by atoms with E-state index in [4.69, 9.17) is 5.11 Å². The molecule has 1 atom stereocenters.